The summed E-state index contributed by atoms with van der Waals surface area (Å²) in [5.41, 5.74) is 1.11. The van der Waals surface area contributed by atoms with Crippen molar-refractivity contribution in [2.75, 3.05) is 18.6 Å². The van der Waals surface area contributed by atoms with Gasteiger partial charge in [0, 0.05) is 17.5 Å². The minimum atomic E-state index is -0.484. The molecule has 1 aromatic carbocycles. The average molecular weight is 536 g/mol. The number of carbonyl (C=O) groups is 1. The lowest BCUT2D eigenvalue weighted by Gasteiger charge is -2.73. The predicted molar refractivity (Wildman–Crippen MR) is 156 cm³/mol. The second kappa shape index (κ2) is 8.32. The third-order valence-corrected chi connectivity index (χ3v) is 14.4. The van der Waals surface area contributed by atoms with Crippen molar-refractivity contribution in [3.63, 3.8) is 0 Å². The summed E-state index contributed by atoms with van der Waals surface area (Å²) in [7, 11) is 1.50. The van der Waals surface area contributed by atoms with E-state index < -0.39 is 5.43 Å². The molecule has 0 aromatic heterocycles. The number of carbonyl (C=O) groups excluding carboxylic acids is 1. The number of hydrogen-bond donors (Lipinski definition) is 0. The maximum absolute atomic E-state index is 12.7. The van der Waals surface area contributed by atoms with E-state index in [1.54, 1.807) is 0 Å². The molecule has 1 heterocycles. The van der Waals surface area contributed by atoms with Gasteiger partial charge in [0.1, 0.15) is 12.0 Å². The van der Waals surface area contributed by atoms with E-state index in [-0.39, 0.29) is 38.4 Å². The summed E-state index contributed by atoms with van der Waals surface area (Å²) in [5, 5.41) is 0. The van der Waals surface area contributed by atoms with Crippen LogP contribution in [0.1, 0.15) is 99.3 Å². The van der Waals surface area contributed by atoms with Crippen LogP contribution in [-0.2, 0) is 4.79 Å². The van der Waals surface area contributed by atoms with Crippen molar-refractivity contribution in [2.24, 2.45) is 51.2 Å². The molecule has 214 valence electrons. The van der Waals surface area contributed by atoms with E-state index in [4.69, 9.17) is 4.74 Å². The Hall–Kier alpha value is -1.91. The number of methoxy groups -OCH3 is 1. The summed E-state index contributed by atoms with van der Waals surface area (Å²) >= 11 is 0. The zero-order valence-corrected chi connectivity index (χ0v) is 25.3. The minimum Gasteiger partial charge on any atom is -0.491 e. The van der Waals surface area contributed by atoms with Crippen LogP contribution >= 0.6 is 0 Å². The van der Waals surface area contributed by atoms with Gasteiger partial charge in [-0.2, -0.15) is 0 Å². The Bertz CT molecular complexity index is 1290. The van der Waals surface area contributed by atoms with Crippen LogP contribution in [0.25, 0.3) is 0 Å². The first-order valence-electron chi connectivity index (χ1n) is 15.5. The third kappa shape index (κ3) is 3.11. The molecule has 0 bridgehead atoms. The number of aldehydes is 1. The van der Waals surface area contributed by atoms with Gasteiger partial charge in [0.15, 0.2) is 5.75 Å². The highest BCUT2D eigenvalue weighted by Gasteiger charge is 2.71. The van der Waals surface area contributed by atoms with E-state index in [0.717, 1.165) is 45.1 Å². The van der Waals surface area contributed by atoms with Crippen molar-refractivity contribution >= 4 is 12.0 Å². The van der Waals surface area contributed by atoms with E-state index in [1.165, 1.54) is 38.2 Å². The molecule has 1 saturated heterocycles. The number of rotatable bonds is 4. The maximum atomic E-state index is 12.7. The van der Waals surface area contributed by atoms with Crippen molar-refractivity contribution in [1.82, 2.24) is 0 Å². The van der Waals surface area contributed by atoms with E-state index in [2.05, 4.69) is 53.0 Å². The highest BCUT2D eigenvalue weighted by Crippen LogP contribution is 2.76. The molecule has 1 aromatic rings. The standard InChI is InChI=1S/C34H49NO4/c1-20(2)21-11-14-34(19-36)16-15-32(6)22(25(21)34)9-10-24-31(5)17-18-35(26-27(37)28(38)29(26)39-8)30(3,4)23(31)12-13-33(24,32)7/h19,21-25H,1,9-18H2,2-8H3/t21-,22+,23-,24+,25+,31-,32+,33+,34+/m0/s1. The van der Waals surface area contributed by atoms with Gasteiger partial charge in [0.2, 0.25) is 0 Å². The molecule has 5 fully saturated rings. The first-order chi connectivity index (χ1) is 18.2. The van der Waals surface area contributed by atoms with Crippen molar-refractivity contribution in [3.05, 3.63) is 32.6 Å². The molecule has 6 rings (SSSR count). The van der Waals surface area contributed by atoms with Crippen LogP contribution in [0.4, 0.5) is 5.69 Å². The highest BCUT2D eigenvalue weighted by molar-refractivity contribution is 5.66. The second-order valence-electron chi connectivity index (χ2n) is 15.6. The van der Waals surface area contributed by atoms with E-state index in [9.17, 15) is 14.4 Å². The number of fused-ring (bicyclic) bond motifs is 7. The summed E-state index contributed by atoms with van der Waals surface area (Å²) in [6.45, 7) is 19.7. The van der Waals surface area contributed by atoms with Crippen LogP contribution in [0, 0.1) is 51.2 Å². The molecule has 9 atom stereocenters. The van der Waals surface area contributed by atoms with Gasteiger partial charge in [-0.3, -0.25) is 9.59 Å². The van der Waals surface area contributed by atoms with Gasteiger partial charge >= 0.3 is 0 Å². The highest BCUT2D eigenvalue weighted by atomic mass is 16.5. The first kappa shape index (κ1) is 27.3. The molecule has 4 aliphatic carbocycles. The molecule has 5 nitrogen and oxygen atoms in total. The number of allylic oxidation sites excluding steroid dienone is 1. The second-order valence-corrected chi connectivity index (χ2v) is 15.6. The number of hydrogen-bond acceptors (Lipinski definition) is 5. The quantitative estimate of drug-likeness (QED) is 0.257. The molecular formula is C34H49NO4. The first-order valence-corrected chi connectivity index (χ1v) is 15.5. The molecule has 1 aliphatic heterocycles. The van der Waals surface area contributed by atoms with Crippen LogP contribution in [0.3, 0.4) is 0 Å². The van der Waals surface area contributed by atoms with Gasteiger partial charge in [-0.15, -0.1) is 0 Å². The molecular weight excluding hydrogens is 486 g/mol. The van der Waals surface area contributed by atoms with Crippen molar-refractivity contribution in [2.45, 2.75) is 105 Å². The minimum absolute atomic E-state index is 0.148. The summed E-state index contributed by atoms with van der Waals surface area (Å²) in [4.78, 5) is 39.8. The van der Waals surface area contributed by atoms with Crippen LogP contribution < -0.4 is 20.5 Å². The topological polar surface area (TPSA) is 63.7 Å². The molecule has 0 amide bonds. The molecule has 5 aliphatic rings. The molecule has 0 spiro atoms. The fraction of sp³-hybridized carbons (Fsp3) is 0.794. The van der Waals surface area contributed by atoms with Gasteiger partial charge in [-0.05, 0) is 124 Å². The zero-order chi connectivity index (χ0) is 28.3. The SMILES string of the molecule is C=C(C)[C@@H]1CC[C@]2(C=O)CC[C@]3(C)[C@H](CC[C@@H]4[C@@]5(C)CCN(c6c(OC)c(=O)c6=O)C(C)(C)[C@@H]5CC[C@]43C)[C@@H]12. The Morgan fingerprint density at radius 1 is 0.897 bits per heavy atom. The number of nitrogens with zero attached hydrogens (tertiary/aromatic N) is 1. The molecule has 0 N–H and O–H groups in total. The largest absolute Gasteiger partial charge is 0.491 e. The number of ether oxygens (including phenoxy) is 1. The van der Waals surface area contributed by atoms with Crippen molar-refractivity contribution in [1.29, 1.82) is 0 Å². The molecule has 4 saturated carbocycles. The fourth-order valence-electron chi connectivity index (χ4n) is 12.3. The lowest BCUT2D eigenvalue weighted by molar-refractivity contribution is -0.225. The molecule has 0 radical (unpaired) electrons. The van der Waals surface area contributed by atoms with Gasteiger partial charge < -0.3 is 14.4 Å². The van der Waals surface area contributed by atoms with E-state index in [0.29, 0.717) is 35.3 Å². The smallest absolute Gasteiger partial charge is 0.272 e. The van der Waals surface area contributed by atoms with Gasteiger partial charge in [-0.25, -0.2) is 0 Å². The summed E-state index contributed by atoms with van der Waals surface area (Å²) in [5.74, 6) is 2.76. The van der Waals surface area contributed by atoms with E-state index >= 15 is 0 Å². The summed E-state index contributed by atoms with van der Waals surface area (Å²) in [6.07, 6.45) is 11.5. The van der Waals surface area contributed by atoms with Gasteiger partial charge in [0.25, 0.3) is 10.9 Å². The molecule has 0 unspecified atom stereocenters. The van der Waals surface area contributed by atoms with Crippen LogP contribution in [0.2, 0.25) is 0 Å². The molecule has 39 heavy (non-hydrogen) atoms. The number of piperidine rings is 1. The average Bonchev–Trinajstić information content (AvgIpc) is 3.28. The maximum Gasteiger partial charge on any atom is 0.272 e. The Kier molecular flexibility index (Phi) is 5.82. The lowest BCUT2D eigenvalue weighted by atomic mass is 9.33. The van der Waals surface area contributed by atoms with Crippen LogP contribution in [0.15, 0.2) is 21.7 Å². The Balaban J connectivity index is 1.36. The fourth-order valence-corrected chi connectivity index (χ4v) is 12.3. The van der Waals surface area contributed by atoms with Crippen molar-refractivity contribution < 1.29 is 9.53 Å². The Morgan fingerprint density at radius 2 is 1.62 bits per heavy atom. The Labute approximate surface area is 234 Å². The van der Waals surface area contributed by atoms with Gasteiger partial charge in [0.05, 0.1) is 7.11 Å². The molecule has 5 heteroatoms. The number of anilines is 1. The van der Waals surface area contributed by atoms with Crippen LogP contribution in [0.5, 0.6) is 5.75 Å². The monoisotopic (exact) mass is 535 g/mol. The normalized spacial score (nSPS) is 46.5. The Morgan fingerprint density at radius 3 is 2.26 bits per heavy atom. The third-order valence-electron chi connectivity index (χ3n) is 14.4. The lowest BCUT2D eigenvalue weighted by Crippen LogP contribution is -2.70. The summed E-state index contributed by atoms with van der Waals surface area (Å²) < 4.78 is 5.38. The zero-order valence-electron chi connectivity index (χ0n) is 25.3. The van der Waals surface area contributed by atoms with E-state index in [1.807, 2.05) is 0 Å². The predicted octanol–water partition coefficient (Wildman–Crippen LogP) is 6.32. The van der Waals surface area contributed by atoms with Gasteiger partial charge in [-0.1, -0.05) is 32.9 Å². The van der Waals surface area contributed by atoms with Crippen molar-refractivity contribution in [3.8, 4) is 5.75 Å². The van der Waals surface area contributed by atoms with Crippen LogP contribution in [-0.4, -0.2) is 25.5 Å². The summed E-state index contributed by atoms with van der Waals surface area (Å²) in [6, 6.07) is 0.